The number of hydrogen-bond acceptors (Lipinski definition) is 4. The number of aliphatic carboxylic acids is 1. The van der Waals surface area contributed by atoms with Crippen LogP contribution >= 0.6 is 15.9 Å². The van der Waals surface area contributed by atoms with Gasteiger partial charge in [-0.1, -0.05) is 0 Å². The van der Waals surface area contributed by atoms with E-state index < -0.39 is 17.9 Å². The number of carboxylic acid groups (broad SMARTS) is 1. The second-order valence-corrected chi connectivity index (χ2v) is 4.99. The van der Waals surface area contributed by atoms with Crippen molar-refractivity contribution in [2.24, 2.45) is 0 Å². The van der Waals surface area contributed by atoms with Crippen molar-refractivity contribution in [2.75, 3.05) is 14.2 Å². The van der Waals surface area contributed by atoms with Crippen LogP contribution in [0.1, 0.15) is 12.5 Å². The molecular formula is C14H16BrNO5. The van der Waals surface area contributed by atoms with Gasteiger partial charge in [0.25, 0.3) is 0 Å². The third-order valence-electron chi connectivity index (χ3n) is 2.61. The number of carbonyl (C=O) groups excluding carboxylic acids is 1. The molecule has 0 aliphatic carbocycles. The highest BCUT2D eigenvalue weighted by Crippen LogP contribution is 2.36. The highest BCUT2D eigenvalue weighted by molar-refractivity contribution is 9.10. The van der Waals surface area contributed by atoms with Gasteiger partial charge in [-0.2, -0.15) is 0 Å². The summed E-state index contributed by atoms with van der Waals surface area (Å²) in [5.74, 6) is -0.508. The highest BCUT2D eigenvalue weighted by atomic mass is 79.9. The predicted molar refractivity (Wildman–Crippen MR) is 81.5 cm³/mol. The molecule has 0 heterocycles. The number of ether oxygens (including phenoxy) is 2. The first-order valence-electron chi connectivity index (χ1n) is 6.02. The molecule has 1 atom stereocenters. The van der Waals surface area contributed by atoms with Crippen LogP contribution in [0.15, 0.2) is 22.7 Å². The number of amides is 1. The summed E-state index contributed by atoms with van der Waals surface area (Å²) in [6, 6.07) is 2.51. The lowest BCUT2D eigenvalue weighted by atomic mass is 10.2. The largest absolute Gasteiger partial charge is 0.493 e. The average molecular weight is 358 g/mol. The average Bonchev–Trinajstić information content (AvgIpc) is 2.44. The van der Waals surface area contributed by atoms with Crippen molar-refractivity contribution >= 4 is 33.9 Å². The van der Waals surface area contributed by atoms with E-state index >= 15 is 0 Å². The standard InChI is InChI=1S/C14H16BrNO5/c1-8(14(18)19)16-12(17)5-4-9-6-10(15)13(21-3)11(7-9)20-2/h4-8H,1-3H3,(H,16,17)(H,18,19)/b5-4+. The fraction of sp³-hybridized carbons (Fsp3) is 0.286. The summed E-state index contributed by atoms with van der Waals surface area (Å²) in [5, 5.41) is 11.0. The van der Waals surface area contributed by atoms with Crippen LogP contribution in [-0.2, 0) is 9.59 Å². The Balaban J connectivity index is 2.88. The van der Waals surface area contributed by atoms with Crippen molar-refractivity contribution in [2.45, 2.75) is 13.0 Å². The maximum Gasteiger partial charge on any atom is 0.325 e. The molecule has 0 spiro atoms. The summed E-state index contributed by atoms with van der Waals surface area (Å²) in [7, 11) is 3.04. The summed E-state index contributed by atoms with van der Waals surface area (Å²) in [6.45, 7) is 1.39. The monoisotopic (exact) mass is 357 g/mol. The molecule has 7 heteroatoms. The Bertz CT molecular complexity index is 571. The Labute approximate surface area is 130 Å². The van der Waals surface area contributed by atoms with Gasteiger partial charge in [0.1, 0.15) is 6.04 Å². The molecule has 21 heavy (non-hydrogen) atoms. The van der Waals surface area contributed by atoms with Gasteiger partial charge in [-0.25, -0.2) is 0 Å². The van der Waals surface area contributed by atoms with Gasteiger partial charge >= 0.3 is 5.97 Å². The van der Waals surface area contributed by atoms with Crippen molar-refractivity contribution < 1.29 is 24.2 Å². The van der Waals surface area contributed by atoms with Crippen molar-refractivity contribution in [1.29, 1.82) is 0 Å². The smallest absolute Gasteiger partial charge is 0.325 e. The van der Waals surface area contributed by atoms with Crippen molar-refractivity contribution in [3.8, 4) is 11.5 Å². The molecule has 1 unspecified atom stereocenters. The van der Waals surface area contributed by atoms with Gasteiger partial charge in [0.2, 0.25) is 5.91 Å². The molecule has 0 aliphatic rings. The summed E-state index contributed by atoms with van der Waals surface area (Å²) in [4.78, 5) is 22.2. The second-order valence-electron chi connectivity index (χ2n) is 4.14. The third-order valence-corrected chi connectivity index (χ3v) is 3.20. The van der Waals surface area contributed by atoms with Gasteiger partial charge in [-0.15, -0.1) is 0 Å². The first-order chi connectivity index (χ1) is 9.88. The molecule has 0 bridgehead atoms. The number of methoxy groups -OCH3 is 2. The van der Waals surface area contributed by atoms with E-state index in [9.17, 15) is 9.59 Å². The molecular weight excluding hydrogens is 342 g/mol. The molecule has 1 amide bonds. The lowest BCUT2D eigenvalue weighted by Crippen LogP contribution is -2.37. The first kappa shape index (κ1) is 17.0. The SMILES string of the molecule is COc1cc(/C=C/C(=O)NC(C)C(=O)O)cc(Br)c1OC. The van der Waals surface area contributed by atoms with Crippen LogP contribution in [0.4, 0.5) is 0 Å². The molecule has 0 aromatic heterocycles. The molecule has 0 radical (unpaired) electrons. The number of rotatable bonds is 6. The molecule has 0 fully saturated rings. The maximum absolute atomic E-state index is 11.6. The van der Waals surface area contributed by atoms with Gasteiger partial charge in [0.15, 0.2) is 11.5 Å². The van der Waals surface area contributed by atoms with Crippen LogP contribution in [0.5, 0.6) is 11.5 Å². The van der Waals surface area contributed by atoms with Gasteiger partial charge < -0.3 is 19.9 Å². The molecule has 1 aromatic rings. The summed E-state index contributed by atoms with van der Waals surface area (Å²) in [5.41, 5.74) is 0.706. The van der Waals surface area contributed by atoms with Crippen molar-refractivity contribution in [3.05, 3.63) is 28.2 Å². The number of carbonyl (C=O) groups is 2. The predicted octanol–water partition coefficient (Wildman–Crippen LogP) is 2.07. The van der Waals surface area contributed by atoms with Crippen LogP contribution in [0.3, 0.4) is 0 Å². The van der Waals surface area contributed by atoms with E-state index in [-0.39, 0.29) is 0 Å². The first-order valence-corrected chi connectivity index (χ1v) is 6.81. The molecule has 2 N–H and O–H groups in total. The van der Waals surface area contributed by atoms with Crippen molar-refractivity contribution in [1.82, 2.24) is 5.32 Å². The summed E-state index contributed by atoms with van der Waals surface area (Å²) < 4.78 is 11.1. The molecule has 0 saturated heterocycles. The topological polar surface area (TPSA) is 84.9 Å². The molecule has 0 aliphatic heterocycles. The van der Waals surface area contributed by atoms with Crippen LogP contribution in [-0.4, -0.2) is 37.2 Å². The quantitative estimate of drug-likeness (QED) is 0.761. The summed E-state index contributed by atoms with van der Waals surface area (Å²) in [6.07, 6.45) is 2.81. The zero-order chi connectivity index (χ0) is 16.0. The van der Waals surface area contributed by atoms with E-state index in [1.54, 1.807) is 18.2 Å². The Kier molecular flexibility index (Phi) is 6.23. The maximum atomic E-state index is 11.6. The normalized spacial score (nSPS) is 12.0. The van der Waals surface area contributed by atoms with Gasteiger partial charge in [-0.05, 0) is 46.6 Å². The molecule has 0 saturated carbocycles. The molecule has 6 nitrogen and oxygen atoms in total. The third kappa shape index (κ3) is 4.78. The fourth-order valence-corrected chi connectivity index (χ4v) is 2.15. The van der Waals surface area contributed by atoms with Crippen LogP contribution in [0.2, 0.25) is 0 Å². The minimum Gasteiger partial charge on any atom is -0.493 e. The number of halogens is 1. The van der Waals surface area contributed by atoms with E-state index in [0.717, 1.165) is 0 Å². The van der Waals surface area contributed by atoms with E-state index in [2.05, 4.69) is 21.2 Å². The molecule has 114 valence electrons. The molecule has 1 aromatic carbocycles. The zero-order valence-corrected chi connectivity index (χ0v) is 13.4. The Morgan fingerprint density at radius 3 is 2.52 bits per heavy atom. The van der Waals surface area contributed by atoms with E-state index in [0.29, 0.717) is 21.5 Å². The fourth-order valence-electron chi connectivity index (χ4n) is 1.53. The summed E-state index contributed by atoms with van der Waals surface area (Å²) >= 11 is 3.35. The number of carboxylic acids is 1. The highest BCUT2D eigenvalue weighted by Gasteiger charge is 2.12. The van der Waals surface area contributed by atoms with E-state index in [4.69, 9.17) is 14.6 Å². The lowest BCUT2D eigenvalue weighted by molar-refractivity contribution is -0.140. The second kappa shape index (κ2) is 7.68. The van der Waals surface area contributed by atoms with Crippen LogP contribution < -0.4 is 14.8 Å². The van der Waals surface area contributed by atoms with E-state index in [1.807, 2.05) is 0 Å². The minimum absolute atomic E-state index is 0.490. The van der Waals surface area contributed by atoms with Crippen molar-refractivity contribution in [3.63, 3.8) is 0 Å². The van der Waals surface area contributed by atoms with Gasteiger partial charge in [0.05, 0.1) is 18.7 Å². The zero-order valence-electron chi connectivity index (χ0n) is 11.8. The lowest BCUT2D eigenvalue weighted by Gasteiger charge is -2.10. The Morgan fingerprint density at radius 1 is 1.33 bits per heavy atom. The Morgan fingerprint density at radius 2 is 2.00 bits per heavy atom. The van der Waals surface area contributed by atoms with Gasteiger partial charge in [0, 0.05) is 6.08 Å². The number of nitrogens with one attached hydrogen (secondary N) is 1. The van der Waals surface area contributed by atoms with Crippen LogP contribution in [0, 0.1) is 0 Å². The van der Waals surface area contributed by atoms with Crippen LogP contribution in [0.25, 0.3) is 6.08 Å². The van der Waals surface area contributed by atoms with E-state index in [1.165, 1.54) is 27.2 Å². The number of hydrogen-bond donors (Lipinski definition) is 2. The molecule has 1 rings (SSSR count). The Hall–Kier alpha value is -2.02. The van der Waals surface area contributed by atoms with Gasteiger partial charge in [-0.3, -0.25) is 9.59 Å². The number of benzene rings is 1. The minimum atomic E-state index is -1.09.